The van der Waals surface area contributed by atoms with Crippen molar-refractivity contribution < 1.29 is 19.3 Å². The number of hydrogen-bond acceptors (Lipinski definition) is 6. The van der Waals surface area contributed by atoms with E-state index in [0.717, 1.165) is 11.0 Å². The quantitative estimate of drug-likeness (QED) is 0.756. The average molecular weight is 355 g/mol. The van der Waals surface area contributed by atoms with Crippen molar-refractivity contribution in [2.45, 2.75) is 25.3 Å². The number of aliphatic carboxylic acids is 1. The van der Waals surface area contributed by atoms with Crippen molar-refractivity contribution in [1.82, 2.24) is 24.8 Å². The monoisotopic (exact) mass is 355 g/mol. The van der Waals surface area contributed by atoms with Gasteiger partial charge < -0.3 is 14.6 Å². The van der Waals surface area contributed by atoms with E-state index in [9.17, 15) is 14.7 Å². The Morgan fingerprint density at radius 1 is 1.19 bits per heavy atom. The highest BCUT2D eigenvalue weighted by Crippen LogP contribution is 2.34. The molecule has 0 aliphatic carbocycles. The molecule has 26 heavy (non-hydrogen) atoms. The van der Waals surface area contributed by atoms with Crippen molar-refractivity contribution >= 4 is 22.9 Å². The molecule has 0 atom stereocenters. The van der Waals surface area contributed by atoms with Crippen molar-refractivity contribution in [3.05, 3.63) is 42.0 Å². The van der Waals surface area contributed by atoms with Gasteiger partial charge in [-0.15, -0.1) is 0 Å². The van der Waals surface area contributed by atoms with Gasteiger partial charge in [0.2, 0.25) is 0 Å². The van der Waals surface area contributed by atoms with E-state index in [1.165, 1.54) is 0 Å². The number of piperidine rings is 1. The van der Waals surface area contributed by atoms with E-state index in [-0.39, 0.29) is 24.4 Å². The maximum absolute atomic E-state index is 12.6. The number of amides is 1. The molecule has 1 aromatic carbocycles. The first-order valence-corrected chi connectivity index (χ1v) is 8.27. The molecule has 4 rings (SSSR count). The predicted molar refractivity (Wildman–Crippen MR) is 89.5 cm³/mol. The Morgan fingerprint density at radius 3 is 2.58 bits per heavy atom. The number of imidazole rings is 1. The van der Waals surface area contributed by atoms with Gasteiger partial charge in [0.1, 0.15) is 11.2 Å². The number of carbonyl (C=O) groups excluding carboxylic acids is 1. The molecule has 9 nitrogen and oxygen atoms in total. The maximum atomic E-state index is 12.6. The highest BCUT2D eigenvalue weighted by atomic mass is 16.6. The van der Waals surface area contributed by atoms with Gasteiger partial charge in [0.15, 0.2) is 5.69 Å². The van der Waals surface area contributed by atoms with Crippen LogP contribution in [0.3, 0.4) is 0 Å². The highest BCUT2D eigenvalue weighted by molar-refractivity contribution is 5.93. The van der Waals surface area contributed by atoms with E-state index in [2.05, 4.69) is 19.9 Å². The lowest BCUT2D eigenvalue weighted by molar-refractivity contribution is -0.149. The Bertz CT molecular complexity index is 984. The number of benzene rings is 1. The van der Waals surface area contributed by atoms with Gasteiger partial charge in [0.05, 0.1) is 17.4 Å². The summed E-state index contributed by atoms with van der Waals surface area (Å²) in [6.07, 6.45) is 2.12. The lowest BCUT2D eigenvalue weighted by Gasteiger charge is -2.39. The second-order valence-corrected chi connectivity index (χ2v) is 6.43. The summed E-state index contributed by atoms with van der Waals surface area (Å²) in [6.45, 7) is 2.24. The predicted octanol–water partition coefficient (Wildman–Crippen LogP) is 1.44. The molecule has 9 heteroatoms. The number of fused-ring (bicyclic) bond motifs is 1. The van der Waals surface area contributed by atoms with Gasteiger partial charge >= 0.3 is 5.97 Å². The Morgan fingerprint density at radius 2 is 1.92 bits per heavy atom. The SMILES string of the molecule is Cc1nonc1C(=O)N1CCC(C(=O)O)(n2cnc3ccccc32)CC1. The van der Waals surface area contributed by atoms with Crippen LogP contribution in [-0.4, -0.2) is 54.8 Å². The molecule has 3 heterocycles. The lowest BCUT2D eigenvalue weighted by Crippen LogP contribution is -2.52. The fourth-order valence-corrected chi connectivity index (χ4v) is 3.51. The third-order valence-corrected chi connectivity index (χ3v) is 5.05. The molecule has 1 aliphatic rings. The maximum Gasteiger partial charge on any atom is 0.330 e. The van der Waals surface area contributed by atoms with Crippen molar-refractivity contribution in [2.24, 2.45) is 0 Å². The van der Waals surface area contributed by atoms with E-state index in [4.69, 9.17) is 0 Å². The summed E-state index contributed by atoms with van der Waals surface area (Å²) >= 11 is 0. The second-order valence-electron chi connectivity index (χ2n) is 6.43. The molecule has 1 fully saturated rings. The van der Waals surface area contributed by atoms with E-state index in [1.54, 1.807) is 22.7 Å². The number of carboxylic acids is 1. The van der Waals surface area contributed by atoms with Gasteiger partial charge in [-0.25, -0.2) is 14.4 Å². The van der Waals surface area contributed by atoms with Crippen LogP contribution < -0.4 is 0 Å². The van der Waals surface area contributed by atoms with Crippen LogP contribution in [0.4, 0.5) is 0 Å². The molecule has 1 aliphatic heterocycles. The van der Waals surface area contributed by atoms with Crippen LogP contribution in [0, 0.1) is 6.92 Å². The van der Waals surface area contributed by atoms with Gasteiger partial charge in [-0.3, -0.25) is 4.79 Å². The van der Waals surface area contributed by atoms with Crippen LogP contribution in [0.5, 0.6) is 0 Å². The van der Waals surface area contributed by atoms with E-state index in [1.807, 2.05) is 24.3 Å². The molecule has 3 aromatic rings. The van der Waals surface area contributed by atoms with Gasteiger partial charge in [0, 0.05) is 13.1 Å². The molecule has 1 N–H and O–H groups in total. The number of aryl methyl sites for hydroxylation is 1. The molecule has 0 bridgehead atoms. The lowest BCUT2D eigenvalue weighted by atomic mass is 9.86. The van der Waals surface area contributed by atoms with Crippen molar-refractivity contribution in [2.75, 3.05) is 13.1 Å². The Hall–Kier alpha value is -3.23. The Labute approximate surface area is 148 Å². The Balaban J connectivity index is 1.63. The molecule has 2 aromatic heterocycles. The number of carbonyl (C=O) groups is 2. The second kappa shape index (κ2) is 5.94. The number of hydrogen-bond donors (Lipinski definition) is 1. The molecule has 134 valence electrons. The zero-order chi connectivity index (χ0) is 18.3. The molecular formula is C17H17N5O4. The van der Waals surface area contributed by atoms with Crippen LogP contribution in [0.2, 0.25) is 0 Å². The minimum atomic E-state index is -1.13. The normalized spacial score (nSPS) is 16.7. The molecule has 1 saturated heterocycles. The number of likely N-dealkylation sites (tertiary alicyclic amines) is 1. The topological polar surface area (TPSA) is 114 Å². The van der Waals surface area contributed by atoms with Gasteiger partial charge in [-0.05, 0) is 37.1 Å². The minimum absolute atomic E-state index is 0.168. The average Bonchev–Trinajstić information content (AvgIpc) is 3.27. The summed E-state index contributed by atoms with van der Waals surface area (Å²) in [7, 11) is 0. The number of para-hydroxylation sites is 2. The molecular weight excluding hydrogens is 338 g/mol. The smallest absolute Gasteiger partial charge is 0.330 e. The third kappa shape index (κ3) is 2.35. The summed E-state index contributed by atoms with van der Waals surface area (Å²) in [4.78, 5) is 30.7. The molecule has 0 spiro atoms. The van der Waals surface area contributed by atoms with Crippen molar-refractivity contribution in [3.63, 3.8) is 0 Å². The number of rotatable bonds is 3. The minimum Gasteiger partial charge on any atom is -0.479 e. The van der Waals surface area contributed by atoms with Crippen LogP contribution in [0.15, 0.2) is 35.2 Å². The first kappa shape index (κ1) is 16.2. The third-order valence-electron chi connectivity index (χ3n) is 5.05. The van der Waals surface area contributed by atoms with Crippen molar-refractivity contribution in [3.8, 4) is 0 Å². The van der Waals surface area contributed by atoms with Crippen molar-refractivity contribution in [1.29, 1.82) is 0 Å². The molecule has 0 radical (unpaired) electrons. The summed E-state index contributed by atoms with van der Waals surface area (Å²) in [5.41, 5.74) is 0.970. The molecule has 1 amide bonds. The fourth-order valence-electron chi connectivity index (χ4n) is 3.51. The van der Waals surface area contributed by atoms with Gasteiger partial charge in [-0.1, -0.05) is 17.3 Å². The van der Waals surface area contributed by atoms with Crippen LogP contribution in [-0.2, 0) is 10.3 Å². The Kier molecular flexibility index (Phi) is 3.71. The van der Waals surface area contributed by atoms with E-state index >= 15 is 0 Å². The number of nitrogens with zero attached hydrogens (tertiary/aromatic N) is 5. The van der Waals surface area contributed by atoms with E-state index in [0.29, 0.717) is 18.8 Å². The zero-order valence-corrected chi connectivity index (χ0v) is 14.1. The zero-order valence-electron chi connectivity index (χ0n) is 14.1. The summed E-state index contributed by atoms with van der Waals surface area (Å²) in [6, 6.07) is 7.42. The largest absolute Gasteiger partial charge is 0.479 e. The standard InChI is InChI=1S/C17H17N5O4/c1-11-14(20-26-19-11)15(23)21-8-6-17(7-9-21,16(24)25)22-10-18-12-4-2-3-5-13(12)22/h2-5,10H,6-9H2,1H3,(H,24,25). The summed E-state index contributed by atoms with van der Waals surface area (Å²) < 4.78 is 6.31. The fraction of sp³-hybridized carbons (Fsp3) is 0.353. The van der Waals surface area contributed by atoms with E-state index < -0.39 is 11.5 Å². The number of carboxylic acid groups (broad SMARTS) is 1. The van der Waals surface area contributed by atoms with Crippen LogP contribution in [0.1, 0.15) is 29.0 Å². The first-order valence-electron chi connectivity index (χ1n) is 8.27. The highest BCUT2D eigenvalue weighted by Gasteiger charge is 2.45. The molecule has 0 unspecified atom stereocenters. The van der Waals surface area contributed by atoms with Gasteiger partial charge in [-0.2, -0.15) is 0 Å². The summed E-state index contributed by atoms with van der Waals surface area (Å²) in [5.74, 6) is -1.22. The van der Waals surface area contributed by atoms with Crippen LogP contribution in [0.25, 0.3) is 11.0 Å². The molecule has 0 saturated carbocycles. The summed E-state index contributed by atoms with van der Waals surface area (Å²) in [5, 5.41) is 17.3. The number of aromatic nitrogens is 4. The first-order chi connectivity index (χ1) is 12.5. The van der Waals surface area contributed by atoms with Gasteiger partial charge in [0.25, 0.3) is 5.91 Å². The van der Waals surface area contributed by atoms with Crippen LogP contribution >= 0.6 is 0 Å².